The van der Waals surface area contributed by atoms with Crippen molar-refractivity contribution in [3.8, 4) is 11.1 Å². The summed E-state index contributed by atoms with van der Waals surface area (Å²) in [6.45, 7) is 5.85. The molecule has 3 aromatic rings. The van der Waals surface area contributed by atoms with Gasteiger partial charge in [0.15, 0.2) is 11.3 Å². The molecule has 0 aliphatic carbocycles. The Balaban J connectivity index is 1.38. The largest absolute Gasteiger partial charge is 0.356 e. The number of fused-ring (bicyclic) bond motifs is 1. The number of alkyl halides is 2. The molecule has 0 radical (unpaired) electrons. The molecule has 182 valence electrons. The van der Waals surface area contributed by atoms with Crippen LogP contribution in [0.2, 0.25) is 0 Å². The molecule has 0 atom stereocenters. The minimum Gasteiger partial charge on any atom is -0.356 e. The molecule has 3 aromatic heterocycles. The van der Waals surface area contributed by atoms with Gasteiger partial charge in [-0.3, -0.25) is 15.8 Å². The number of anilines is 2. The van der Waals surface area contributed by atoms with Gasteiger partial charge in [-0.1, -0.05) is 0 Å². The highest BCUT2D eigenvalue weighted by atomic mass is 19.3. The van der Waals surface area contributed by atoms with Crippen molar-refractivity contribution in [3.05, 3.63) is 58.5 Å². The zero-order valence-electron chi connectivity index (χ0n) is 19.9. The first-order valence-electron chi connectivity index (χ1n) is 11.7. The van der Waals surface area contributed by atoms with Crippen LogP contribution in [0.4, 0.5) is 20.4 Å². The number of pyridine rings is 2. The number of hydrogen-bond acceptors (Lipinski definition) is 7. The first-order valence-corrected chi connectivity index (χ1v) is 11.7. The van der Waals surface area contributed by atoms with Gasteiger partial charge in [-0.25, -0.2) is 18.4 Å². The second kappa shape index (κ2) is 8.83. The molecule has 0 amide bonds. The molecule has 35 heavy (non-hydrogen) atoms. The summed E-state index contributed by atoms with van der Waals surface area (Å²) in [6, 6.07) is 5.98. The quantitative estimate of drug-likeness (QED) is 0.440. The van der Waals surface area contributed by atoms with Crippen molar-refractivity contribution in [2.45, 2.75) is 45.6 Å². The van der Waals surface area contributed by atoms with Crippen molar-refractivity contribution in [3.63, 3.8) is 0 Å². The summed E-state index contributed by atoms with van der Waals surface area (Å²) in [4.78, 5) is 13.3. The molecule has 2 N–H and O–H groups in total. The van der Waals surface area contributed by atoms with Crippen LogP contribution in [0.3, 0.4) is 0 Å². The number of hydrogen-bond donors (Lipinski definition) is 2. The lowest BCUT2D eigenvalue weighted by Gasteiger charge is -2.32. The number of nitrogens with one attached hydrogen (secondary N) is 2. The third kappa shape index (κ3) is 4.40. The highest BCUT2D eigenvalue weighted by molar-refractivity contribution is 5.65. The van der Waals surface area contributed by atoms with Crippen molar-refractivity contribution < 1.29 is 8.78 Å². The Morgan fingerprint density at radius 3 is 2.40 bits per heavy atom. The summed E-state index contributed by atoms with van der Waals surface area (Å²) in [5, 5.41) is 20.3. The van der Waals surface area contributed by atoms with Gasteiger partial charge in [0.2, 0.25) is 0 Å². The highest BCUT2D eigenvalue weighted by Crippen LogP contribution is 2.31. The van der Waals surface area contributed by atoms with Crippen LogP contribution in [0.1, 0.15) is 35.2 Å². The van der Waals surface area contributed by atoms with Gasteiger partial charge in [-0.15, -0.1) is 5.10 Å². The fourth-order valence-corrected chi connectivity index (χ4v) is 4.71. The Hall–Kier alpha value is -3.69. The molecule has 8 nitrogen and oxygen atoms in total. The van der Waals surface area contributed by atoms with Crippen molar-refractivity contribution in [1.29, 1.82) is 10.8 Å². The maximum atomic E-state index is 13.5. The van der Waals surface area contributed by atoms with Crippen LogP contribution in [0.15, 0.2) is 30.6 Å². The summed E-state index contributed by atoms with van der Waals surface area (Å²) >= 11 is 0. The normalized spacial score (nSPS) is 17.3. The van der Waals surface area contributed by atoms with E-state index in [1.54, 1.807) is 6.20 Å². The van der Waals surface area contributed by atoms with Crippen molar-refractivity contribution >= 4 is 18.0 Å². The molecular weight excluding hydrogens is 450 g/mol. The van der Waals surface area contributed by atoms with Crippen LogP contribution < -0.4 is 15.3 Å². The molecule has 0 spiro atoms. The smallest absolute Gasteiger partial charge is 0.251 e. The van der Waals surface area contributed by atoms with Crippen LogP contribution in [-0.2, 0) is 13.0 Å². The molecule has 1 saturated heterocycles. The first-order chi connectivity index (χ1) is 16.8. The van der Waals surface area contributed by atoms with E-state index in [0.717, 1.165) is 64.5 Å². The lowest BCUT2D eigenvalue weighted by Crippen LogP contribution is -2.39. The first kappa shape index (κ1) is 23.1. The topological polar surface area (TPSA) is 97.8 Å². The summed E-state index contributed by atoms with van der Waals surface area (Å²) in [7, 11) is 0. The maximum absolute atomic E-state index is 13.5. The van der Waals surface area contributed by atoms with Gasteiger partial charge in [0.05, 0.1) is 0 Å². The van der Waals surface area contributed by atoms with Crippen molar-refractivity contribution in [2.75, 3.05) is 29.4 Å². The number of rotatable bonds is 4. The van der Waals surface area contributed by atoms with E-state index in [0.29, 0.717) is 19.6 Å². The Labute approximate surface area is 202 Å². The van der Waals surface area contributed by atoms with E-state index in [1.807, 2.05) is 37.1 Å². The summed E-state index contributed by atoms with van der Waals surface area (Å²) in [5.41, 5.74) is 6.00. The zero-order chi connectivity index (χ0) is 24.7. The standard InChI is InChI=1S/C25H28F2N8/c1-16-17(2)24(32-35(15-28)23(16)29)34-8-5-21-20(14-34)11-19(13-30-21)18-3-4-22(31-12-18)33-9-6-25(26,27)7-10-33/h3-4,11-13,15,28-29H,5-10,14H2,1-2H3. The van der Waals surface area contributed by atoms with Gasteiger partial charge < -0.3 is 9.80 Å². The Morgan fingerprint density at radius 2 is 1.71 bits per heavy atom. The molecular formula is C25H28F2N8. The van der Waals surface area contributed by atoms with Crippen LogP contribution in [0.5, 0.6) is 0 Å². The van der Waals surface area contributed by atoms with E-state index in [1.165, 1.54) is 4.68 Å². The number of aromatic nitrogens is 4. The van der Waals surface area contributed by atoms with Gasteiger partial charge in [-0.05, 0) is 43.2 Å². The van der Waals surface area contributed by atoms with Gasteiger partial charge in [0.25, 0.3) is 5.92 Å². The Bertz CT molecular complexity index is 1320. The van der Waals surface area contributed by atoms with Gasteiger partial charge in [0.1, 0.15) is 12.2 Å². The van der Waals surface area contributed by atoms with Gasteiger partial charge in [0, 0.05) is 80.2 Å². The van der Waals surface area contributed by atoms with E-state index in [4.69, 9.17) is 15.8 Å². The third-order valence-corrected chi connectivity index (χ3v) is 7.05. The number of piperidine rings is 1. The number of nitrogens with zero attached hydrogens (tertiary/aromatic N) is 6. The summed E-state index contributed by atoms with van der Waals surface area (Å²) < 4.78 is 28.2. The van der Waals surface area contributed by atoms with E-state index in [2.05, 4.69) is 21.0 Å². The second-order valence-electron chi connectivity index (χ2n) is 9.25. The molecule has 0 bridgehead atoms. The molecule has 5 rings (SSSR count). The van der Waals surface area contributed by atoms with Crippen molar-refractivity contribution in [2.24, 2.45) is 0 Å². The monoisotopic (exact) mass is 478 g/mol. The fourth-order valence-electron chi connectivity index (χ4n) is 4.71. The molecule has 0 unspecified atom stereocenters. The fraction of sp³-hybridized carbons (Fsp3) is 0.400. The molecule has 2 aliphatic heterocycles. The number of halogens is 2. The lowest BCUT2D eigenvalue weighted by molar-refractivity contribution is -0.0221. The minimum absolute atomic E-state index is 0.139. The molecule has 10 heteroatoms. The molecule has 0 aromatic carbocycles. The SMILES string of the molecule is Cc1c(N2CCc3ncc(-c4ccc(N5CCC(F)(F)CC5)nc4)cc3C2)nn(C=N)c(=N)c1C. The van der Waals surface area contributed by atoms with Crippen LogP contribution in [-0.4, -0.2) is 51.6 Å². The Kier molecular flexibility index (Phi) is 5.82. The minimum atomic E-state index is -2.57. The van der Waals surface area contributed by atoms with Crippen LogP contribution in [0, 0.1) is 24.7 Å². The van der Waals surface area contributed by atoms with Crippen LogP contribution in [0.25, 0.3) is 11.1 Å². The third-order valence-electron chi connectivity index (χ3n) is 7.05. The van der Waals surface area contributed by atoms with E-state index in [9.17, 15) is 8.78 Å². The zero-order valence-corrected chi connectivity index (χ0v) is 19.9. The lowest BCUT2D eigenvalue weighted by atomic mass is 10.0. The second-order valence-corrected chi connectivity index (χ2v) is 9.25. The maximum Gasteiger partial charge on any atom is 0.251 e. The summed E-state index contributed by atoms with van der Waals surface area (Å²) in [6.07, 6.45) is 5.20. The van der Waals surface area contributed by atoms with E-state index >= 15 is 0 Å². The van der Waals surface area contributed by atoms with E-state index in [-0.39, 0.29) is 18.3 Å². The predicted molar refractivity (Wildman–Crippen MR) is 130 cm³/mol. The molecule has 1 fully saturated rings. The molecule has 5 heterocycles. The van der Waals surface area contributed by atoms with Gasteiger partial charge in [-0.2, -0.15) is 0 Å². The Morgan fingerprint density at radius 1 is 0.971 bits per heavy atom. The predicted octanol–water partition coefficient (Wildman–Crippen LogP) is 3.69. The van der Waals surface area contributed by atoms with Crippen LogP contribution >= 0.6 is 0 Å². The average molecular weight is 479 g/mol. The summed E-state index contributed by atoms with van der Waals surface area (Å²) in [5.74, 6) is -1.08. The molecule has 2 aliphatic rings. The van der Waals surface area contributed by atoms with E-state index < -0.39 is 5.92 Å². The van der Waals surface area contributed by atoms with Crippen molar-refractivity contribution in [1.82, 2.24) is 19.7 Å². The van der Waals surface area contributed by atoms with Gasteiger partial charge >= 0.3 is 0 Å². The molecule has 0 saturated carbocycles. The average Bonchev–Trinajstić information content (AvgIpc) is 2.87. The highest BCUT2D eigenvalue weighted by Gasteiger charge is 2.34.